The first-order chi connectivity index (χ1) is 6.82. The first-order valence-corrected chi connectivity index (χ1v) is 4.43. The van der Waals surface area contributed by atoms with Crippen LogP contribution in [0.5, 0.6) is 0 Å². The zero-order valence-electron chi connectivity index (χ0n) is 8.12. The summed E-state index contributed by atoms with van der Waals surface area (Å²) in [7, 11) is 0. The summed E-state index contributed by atoms with van der Waals surface area (Å²) in [5.41, 5.74) is 5.07. The Labute approximate surface area is 92.9 Å². The molecule has 0 aromatic heterocycles. The van der Waals surface area contributed by atoms with E-state index >= 15 is 0 Å². The van der Waals surface area contributed by atoms with Crippen molar-refractivity contribution in [2.45, 2.75) is 32.7 Å². The first-order valence-electron chi connectivity index (χ1n) is 4.43. The zero-order chi connectivity index (χ0) is 11.6. The number of benzene rings is 1. The lowest BCUT2D eigenvalue weighted by Crippen LogP contribution is -2.24. The molecule has 2 nitrogen and oxygen atoms in total. The predicted molar refractivity (Wildman–Crippen MR) is 56.8 cm³/mol. The third-order valence-electron chi connectivity index (χ3n) is 2.08. The Hall–Kier alpha value is -1.07. The Bertz CT molecular complexity index is 319. The first kappa shape index (κ1) is 14.9. The molecular formula is C11H16F3NO. The molecule has 0 aliphatic rings. The second-order valence-electron chi connectivity index (χ2n) is 3.42. The number of halogens is 3. The van der Waals surface area contributed by atoms with Crippen LogP contribution in [0.1, 0.15) is 31.6 Å². The highest BCUT2D eigenvalue weighted by Gasteiger charge is 2.30. The van der Waals surface area contributed by atoms with E-state index in [1.165, 1.54) is 12.1 Å². The number of aliphatic hydroxyl groups excluding tert-OH is 1. The lowest BCUT2D eigenvalue weighted by atomic mass is 10.0. The number of rotatable bonds is 2. The van der Waals surface area contributed by atoms with Crippen molar-refractivity contribution in [3.05, 3.63) is 35.4 Å². The normalized spacial score (nSPS) is 15.1. The number of alkyl halides is 3. The molecule has 1 aromatic rings. The van der Waals surface area contributed by atoms with Crippen molar-refractivity contribution in [3.63, 3.8) is 0 Å². The molecule has 0 fully saturated rings. The molecule has 0 amide bonds. The van der Waals surface area contributed by atoms with Crippen LogP contribution in [-0.2, 0) is 6.18 Å². The Morgan fingerprint density at radius 3 is 1.94 bits per heavy atom. The molecule has 16 heavy (non-hydrogen) atoms. The van der Waals surface area contributed by atoms with Gasteiger partial charge in [0.05, 0.1) is 11.7 Å². The Balaban J connectivity index is 0.00000225. The van der Waals surface area contributed by atoms with Gasteiger partial charge in [0, 0.05) is 6.04 Å². The van der Waals surface area contributed by atoms with Crippen molar-refractivity contribution in [2.24, 2.45) is 5.73 Å². The SMILES string of the molecule is C.C[C@H](N)[C@H](O)c1ccc(C(F)(F)F)cc1. The second kappa shape index (κ2) is 5.32. The Kier molecular flexibility index (Phi) is 4.96. The van der Waals surface area contributed by atoms with Gasteiger partial charge in [-0.2, -0.15) is 13.2 Å². The number of hydrogen-bond donors (Lipinski definition) is 2. The third kappa shape index (κ3) is 3.50. The molecular weight excluding hydrogens is 219 g/mol. The fourth-order valence-corrected chi connectivity index (χ4v) is 1.17. The van der Waals surface area contributed by atoms with Gasteiger partial charge in [-0.15, -0.1) is 0 Å². The number of nitrogens with two attached hydrogens (primary N) is 1. The quantitative estimate of drug-likeness (QED) is 0.827. The van der Waals surface area contributed by atoms with Crippen LogP contribution < -0.4 is 5.73 Å². The summed E-state index contributed by atoms with van der Waals surface area (Å²) in [6.45, 7) is 1.59. The molecule has 0 radical (unpaired) electrons. The van der Waals surface area contributed by atoms with E-state index in [-0.39, 0.29) is 7.43 Å². The third-order valence-corrected chi connectivity index (χ3v) is 2.08. The van der Waals surface area contributed by atoms with Gasteiger partial charge < -0.3 is 10.8 Å². The molecule has 0 spiro atoms. The van der Waals surface area contributed by atoms with Gasteiger partial charge in [-0.1, -0.05) is 19.6 Å². The maximum absolute atomic E-state index is 12.2. The topological polar surface area (TPSA) is 46.2 Å². The van der Waals surface area contributed by atoms with Crippen molar-refractivity contribution >= 4 is 0 Å². The molecule has 0 bridgehead atoms. The molecule has 3 N–H and O–H groups in total. The van der Waals surface area contributed by atoms with Gasteiger partial charge in [0.15, 0.2) is 0 Å². The molecule has 5 heteroatoms. The molecule has 2 atom stereocenters. The van der Waals surface area contributed by atoms with Crippen molar-refractivity contribution in [3.8, 4) is 0 Å². The number of aliphatic hydroxyl groups is 1. The van der Waals surface area contributed by atoms with E-state index in [1.807, 2.05) is 0 Å². The Morgan fingerprint density at radius 2 is 1.62 bits per heavy atom. The number of hydrogen-bond acceptors (Lipinski definition) is 2. The van der Waals surface area contributed by atoms with E-state index in [0.717, 1.165) is 12.1 Å². The maximum Gasteiger partial charge on any atom is 0.416 e. The highest BCUT2D eigenvalue weighted by molar-refractivity contribution is 5.26. The van der Waals surface area contributed by atoms with Crippen LogP contribution in [0.3, 0.4) is 0 Å². The second-order valence-corrected chi connectivity index (χ2v) is 3.42. The van der Waals surface area contributed by atoms with E-state index < -0.39 is 23.9 Å². The van der Waals surface area contributed by atoms with Gasteiger partial charge in [0.25, 0.3) is 0 Å². The molecule has 1 aromatic carbocycles. The highest BCUT2D eigenvalue weighted by Crippen LogP contribution is 2.30. The van der Waals surface area contributed by atoms with Crippen molar-refractivity contribution in [1.29, 1.82) is 0 Å². The predicted octanol–water partition coefficient (Wildman–Crippen LogP) is 2.72. The molecule has 0 saturated heterocycles. The lowest BCUT2D eigenvalue weighted by molar-refractivity contribution is -0.137. The fraction of sp³-hybridized carbons (Fsp3) is 0.455. The minimum atomic E-state index is -4.35. The van der Waals surface area contributed by atoms with Crippen LogP contribution in [0, 0.1) is 0 Å². The standard InChI is InChI=1S/C10H12F3NO.CH4/c1-6(14)9(15)7-2-4-8(5-3-7)10(11,12)13;/h2-6,9,15H,14H2,1H3;1H4/t6-,9-;/m0./s1. The van der Waals surface area contributed by atoms with Crippen LogP contribution in [0.25, 0.3) is 0 Å². The van der Waals surface area contributed by atoms with E-state index in [1.54, 1.807) is 6.92 Å². The monoisotopic (exact) mass is 235 g/mol. The van der Waals surface area contributed by atoms with E-state index in [4.69, 9.17) is 5.73 Å². The molecule has 0 saturated carbocycles. The van der Waals surface area contributed by atoms with Crippen LogP contribution in [0.2, 0.25) is 0 Å². The van der Waals surface area contributed by atoms with Crippen LogP contribution in [0.4, 0.5) is 13.2 Å². The van der Waals surface area contributed by atoms with E-state index in [9.17, 15) is 18.3 Å². The highest BCUT2D eigenvalue weighted by atomic mass is 19.4. The average molecular weight is 235 g/mol. The molecule has 0 aliphatic heterocycles. The summed E-state index contributed by atoms with van der Waals surface area (Å²) in [5, 5.41) is 9.49. The van der Waals surface area contributed by atoms with Gasteiger partial charge >= 0.3 is 6.18 Å². The van der Waals surface area contributed by atoms with Gasteiger partial charge in [0.2, 0.25) is 0 Å². The summed E-state index contributed by atoms with van der Waals surface area (Å²) >= 11 is 0. The summed E-state index contributed by atoms with van der Waals surface area (Å²) in [4.78, 5) is 0. The molecule has 0 unspecified atom stereocenters. The van der Waals surface area contributed by atoms with Crippen LogP contribution >= 0.6 is 0 Å². The van der Waals surface area contributed by atoms with E-state index in [0.29, 0.717) is 5.56 Å². The van der Waals surface area contributed by atoms with Crippen LogP contribution in [-0.4, -0.2) is 11.1 Å². The van der Waals surface area contributed by atoms with Gasteiger partial charge in [-0.05, 0) is 24.6 Å². The smallest absolute Gasteiger partial charge is 0.387 e. The average Bonchev–Trinajstić information content (AvgIpc) is 2.15. The van der Waals surface area contributed by atoms with Gasteiger partial charge in [-0.3, -0.25) is 0 Å². The zero-order valence-corrected chi connectivity index (χ0v) is 8.12. The molecule has 1 rings (SSSR count). The van der Waals surface area contributed by atoms with Crippen LogP contribution in [0.15, 0.2) is 24.3 Å². The van der Waals surface area contributed by atoms with Crippen molar-refractivity contribution < 1.29 is 18.3 Å². The van der Waals surface area contributed by atoms with Crippen molar-refractivity contribution in [2.75, 3.05) is 0 Å². The van der Waals surface area contributed by atoms with Crippen molar-refractivity contribution in [1.82, 2.24) is 0 Å². The Morgan fingerprint density at radius 1 is 1.19 bits per heavy atom. The molecule has 92 valence electrons. The summed E-state index contributed by atoms with van der Waals surface area (Å²) in [6, 6.07) is 3.82. The van der Waals surface area contributed by atoms with E-state index in [2.05, 4.69) is 0 Å². The summed E-state index contributed by atoms with van der Waals surface area (Å²) < 4.78 is 36.6. The fourth-order valence-electron chi connectivity index (χ4n) is 1.17. The summed E-state index contributed by atoms with van der Waals surface area (Å²) in [5.74, 6) is 0. The minimum Gasteiger partial charge on any atom is -0.387 e. The van der Waals surface area contributed by atoms with Gasteiger partial charge in [-0.25, -0.2) is 0 Å². The minimum absolute atomic E-state index is 0. The summed E-state index contributed by atoms with van der Waals surface area (Å²) in [6.07, 6.45) is -5.29. The molecule has 0 aliphatic carbocycles. The lowest BCUT2D eigenvalue weighted by Gasteiger charge is -2.15. The van der Waals surface area contributed by atoms with Gasteiger partial charge in [0.1, 0.15) is 0 Å². The molecule has 0 heterocycles. The maximum atomic E-state index is 12.2. The largest absolute Gasteiger partial charge is 0.416 e.